The van der Waals surface area contributed by atoms with Gasteiger partial charge in [-0.05, 0) is 30.7 Å². The molecule has 0 heterocycles. The average Bonchev–Trinajstić information content (AvgIpc) is 2.83. The quantitative estimate of drug-likeness (QED) is 0.138. The Kier molecular flexibility index (Phi) is 10.9. The monoisotopic (exact) mass is 436 g/mol. The highest BCUT2D eigenvalue weighted by atomic mass is 31.2. The second kappa shape index (κ2) is 13.4. The first kappa shape index (κ1) is 25.3. The smallest absolute Gasteiger partial charge is 0.202 e. The highest BCUT2D eigenvalue weighted by Crippen LogP contribution is 2.73. The van der Waals surface area contributed by atoms with Crippen molar-refractivity contribution in [2.45, 2.75) is 65.0 Å². The van der Waals surface area contributed by atoms with Crippen LogP contribution in [0.25, 0.3) is 0 Å². The lowest BCUT2D eigenvalue weighted by Crippen LogP contribution is -2.22. The van der Waals surface area contributed by atoms with Crippen molar-refractivity contribution >= 4 is 18.9 Å². The van der Waals surface area contributed by atoms with Crippen LogP contribution in [-0.2, 0) is 0 Å². The van der Waals surface area contributed by atoms with Crippen molar-refractivity contribution in [3.05, 3.63) is 77.4 Å². The van der Waals surface area contributed by atoms with E-state index < -0.39 is 7.26 Å². The van der Waals surface area contributed by atoms with Crippen LogP contribution >= 0.6 is 7.26 Å². The lowest BCUT2D eigenvalue weighted by atomic mass is 9.97. The molecular weight excluding hydrogens is 397 g/mol. The van der Waals surface area contributed by atoms with E-state index in [2.05, 4.69) is 50.9 Å². The topological polar surface area (TPSA) is 40.9 Å². The van der Waals surface area contributed by atoms with Crippen LogP contribution in [0.1, 0.15) is 80.9 Å². The number of hydrogen-bond donors (Lipinski definition) is 1. The molecule has 0 bridgehead atoms. The second-order valence-corrected chi connectivity index (χ2v) is 12.8. The zero-order valence-electron chi connectivity index (χ0n) is 19.6. The number of unbranched alkanes of at least 4 members (excludes halogenated alkanes) is 3. The molecule has 0 radical (unpaired) electrons. The lowest BCUT2D eigenvalue weighted by Gasteiger charge is -2.36. The van der Waals surface area contributed by atoms with Crippen LogP contribution in [0.5, 0.6) is 0 Å². The fraction of sp³-hybridized carbons (Fsp3) is 0.464. The minimum atomic E-state index is -1.57. The molecule has 2 rings (SSSR count). The molecule has 0 aliphatic rings. The van der Waals surface area contributed by atoms with Crippen LogP contribution in [0.3, 0.4) is 0 Å². The summed E-state index contributed by atoms with van der Waals surface area (Å²) in [4.78, 5) is 13.7. The number of allylic oxidation sites excluding steroid dienone is 1. The van der Waals surface area contributed by atoms with Gasteiger partial charge in [-0.2, -0.15) is 0 Å². The predicted molar refractivity (Wildman–Crippen MR) is 137 cm³/mol. The normalized spacial score (nSPS) is 12.2. The van der Waals surface area contributed by atoms with Gasteiger partial charge in [0.2, 0.25) is 5.78 Å². The zero-order chi connectivity index (χ0) is 22.5. The minimum Gasteiger partial charge on any atom is -0.288 e. The van der Waals surface area contributed by atoms with E-state index in [9.17, 15) is 4.79 Å². The molecule has 0 spiro atoms. The van der Waals surface area contributed by atoms with Crippen molar-refractivity contribution in [2.24, 2.45) is 0 Å². The summed E-state index contributed by atoms with van der Waals surface area (Å²) >= 11 is 0. The SMILES string of the molecule is CCCC[P+](CCCC)(CCCC)[C@H](C(=C=N)C(=O)c1ccccc1)c1ccccc1. The standard InChI is InChI=1S/C28H39NOP/c1-4-7-20-31(21-8-5-2,22-9-6-3)28(25-18-14-11-15-19-25)26(23-29)27(30)24-16-12-10-13-17-24/h10-19,28-29H,4-9,20-22H2,1-3H3/q+1/t28-/m0/s1. The molecule has 0 aliphatic carbocycles. The van der Waals surface area contributed by atoms with Gasteiger partial charge in [0.15, 0.2) is 0 Å². The second-order valence-electron chi connectivity index (χ2n) is 8.50. The highest BCUT2D eigenvalue weighted by molar-refractivity contribution is 7.76. The number of hydrogen-bond acceptors (Lipinski definition) is 2. The Morgan fingerprint density at radius 3 is 1.68 bits per heavy atom. The van der Waals surface area contributed by atoms with Crippen LogP contribution in [0, 0.1) is 5.41 Å². The minimum absolute atomic E-state index is 0.00329. The molecule has 31 heavy (non-hydrogen) atoms. The van der Waals surface area contributed by atoms with Gasteiger partial charge in [0, 0.05) is 12.8 Å². The Morgan fingerprint density at radius 1 is 0.806 bits per heavy atom. The van der Waals surface area contributed by atoms with Crippen LogP contribution in [-0.4, -0.2) is 30.1 Å². The Balaban J connectivity index is 2.66. The number of benzene rings is 2. The number of ketones is 1. The third kappa shape index (κ3) is 6.73. The molecule has 0 saturated carbocycles. The number of rotatable bonds is 14. The Morgan fingerprint density at radius 2 is 1.26 bits per heavy atom. The van der Waals surface area contributed by atoms with Crippen molar-refractivity contribution in [3.8, 4) is 0 Å². The fourth-order valence-corrected chi connectivity index (χ4v) is 10.3. The summed E-state index contributed by atoms with van der Waals surface area (Å²) in [6.07, 6.45) is 10.6. The fourth-order valence-electron chi connectivity index (χ4n) is 4.53. The van der Waals surface area contributed by atoms with E-state index in [1.165, 1.54) is 43.3 Å². The van der Waals surface area contributed by atoms with Gasteiger partial charge >= 0.3 is 0 Å². The maximum absolute atomic E-state index is 13.7. The van der Waals surface area contributed by atoms with Gasteiger partial charge in [-0.3, -0.25) is 10.2 Å². The molecule has 2 aromatic rings. The van der Waals surface area contributed by atoms with Gasteiger partial charge in [0.25, 0.3) is 0 Å². The van der Waals surface area contributed by atoms with E-state index in [-0.39, 0.29) is 11.4 Å². The van der Waals surface area contributed by atoms with Crippen molar-refractivity contribution in [3.63, 3.8) is 0 Å². The molecule has 2 nitrogen and oxygen atoms in total. The van der Waals surface area contributed by atoms with Gasteiger partial charge in [-0.25, -0.2) is 0 Å². The van der Waals surface area contributed by atoms with Gasteiger partial charge < -0.3 is 0 Å². The molecule has 0 aromatic heterocycles. The third-order valence-electron chi connectivity index (χ3n) is 6.22. The molecule has 0 fully saturated rings. The average molecular weight is 437 g/mol. The summed E-state index contributed by atoms with van der Waals surface area (Å²) in [5, 5.41) is 8.24. The van der Waals surface area contributed by atoms with Crippen molar-refractivity contribution in [1.29, 1.82) is 5.41 Å². The van der Waals surface area contributed by atoms with Crippen molar-refractivity contribution in [2.75, 3.05) is 18.5 Å². The molecule has 2 aromatic carbocycles. The molecular formula is C28H39NOP+. The van der Waals surface area contributed by atoms with Crippen molar-refractivity contribution in [1.82, 2.24) is 0 Å². The largest absolute Gasteiger partial charge is 0.288 e. The molecule has 1 N–H and O–H groups in total. The molecule has 1 atom stereocenters. The van der Waals surface area contributed by atoms with E-state index in [0.717, 1.165) is 19.3 Å². The lowest BCUT2D eigenvalue weighted by molar-refractivity contribution is 0.103. The van der Waals surface area contributed by atoms with Crippen LogP contribution in [0.2, 0.25) is 0 Å². The zero-order valence-corrected chi connectivity index (χ0v) is 20.5. The maximum atomic E-state index is 13.7. The number of carbonyl (C=O) groups excluding carboxylic acids is 1. The first-order chi connectivity index (χ1) is 15.1. The summed E-state index contributed by atoms with van der Waals surface area (Å²) in [7, 11) is -1.57. The van der Waals surface area contributed by atoms with E-state index in [0.29, 0.717) is 11.1 Å². The Labute approximate surface area is 190 Å². The van der Waals surface area contributed by atoms with Gasteiger partial charge in [0.05, 0.1) is 18.5 Å². The highest BCUT2D eigenvalue weighted by Gasteiger charge is 2.48. The van der Waals surface area contributed by atoms with Gasteiger partial charge in [0.1, 0.15) is 11.2 Å². The number of Topliss-reactive ketones (excluding diaryl/α,β-unsaturated/α-hetero) is 1. The molecule has 3 heteroatoms. The first-order valence-electron chi connectivity index (χ1n) is 11.9. The van der Waals surface area contributed by atoms with E-state index in [1.807, 2.05) is 36.4 Å². The molecule has 0 unspecified atom stereocenters. The maximum Gasteiger partial charge on any atom is 0.202 e. The Hall–Kier alpha value is -2.01. The van der Waals surface area contributed by atoms with Crippen LogP contribution in [0.15, 0.2) is 66.2 Å². The molecule has 0 saturated heterocycles. The molecule has 166 valence electrons. The summed E-state index contributed by atoms with van der Waals surface area (Å²) in [6, 6.07) is 20.0. The summed E-state index contributed by atoms with van der Waals surface area (Å²) in [5.41, 5.74) is 2.42. The van der Waals surface area contributed by atoms with Crippen molar-refractivity contribution < 1.29 is 4.79 Å². The summed E-state index contributed by atoms with van der Waals surface area (Å²) in [6.45, 7) is 6.77. The summed E-state index contributed by atoms with van der Waals surface area (Å²) in [5.74, 6) is 2.65. The van der Waals surface area contributed by atoms with Crippen LogP contribution < -0.4 is 0 Å². The molecule has 0 aliphatic heterocycles. The third-order valence-corrected chi connectivity index (χ3v) is 11.5. The van der Waals surface area contributed by atoms with Crippen LogP contribution in [0.4, 0.5) is 0 Å². The number of nitrogens with one attached hydrogen (secondary N) is 1. The Bertz CT molecular complexity index is 818. The van der Waals surface area contributed by atoms with E-state index in [1.54, 1.807) is 0 Å². The first-order valence-corrected chi connectivity index (χ1v) is 14.3. The molecule has 0 amide bonds. The van der Waals surface area contributed by atoms with E-state index >= 15 is 0 Å². The summed E-state index contributed by atoms with van der Waals surface area (Å²) < 4.78 is 0. The van der Waals surface area contributed by atoms with Gasteiger partial charge in [-0.1, -0.05) is 101 Å². The van der Waals surface area contributed by atoms with Gasteiger partial charge in [-0.15, -0.1) is 0 Å². The predicted octanol–water partition coefficient (Wildman–Crippen LogP) is 8.20. The van der Waals surface area contributed by atoms with E-state index in [4.69, 9.17) is 5.41 Å². The number of carbonyl (C=O) groups is 1.